The molecule has 0 amide bonds. The molecule has 1 fully saturated rings. The van der Waals surface area contributed by atoms with Gasteiger partial charge in [0.15, 0.2) is 23.3 Å². The quantitative estimate of drug-likeness (QED) is 0.187. The van der Waals surface area contributed by atoms with Crippen LogP contribution in [0.15, 0.2) is 107 Å². The highest BCUT2D eigenvalue weighted by Gasteiger charge is 2.76. The van der Waals surface area contributed by atoms with E-state index in [1.54, 1.807) is 18.2 Å². The van der Waals surface area contributed by atoms with Crippen LogP contribution in [-0.2, 0) is 4.74 Å². The van der Waals surface area contributed by atoms with Crippen molar-refractivity contribution in [3.05, 3.63) is 134 Å². The van der Waals surface area contributed by atoms with E-state index in [9.17, 15) is 39.3 Å². The molecule has 0 radical (unpaired) electrons. The number of aliphatic hydroxyl groups excluding tert-OH is 1. The number of hydrogen-bond acceptors (Lipinski definition) is 11. The molecule has 0 saturated carbocycles. The van der Waals surface area contributed by atoms with Crippen LogP contribution < -0.4 is 10.4 Å². The lowest BCUT2D eigenvalue weighted by atomic mass is 9.69. The molecular weight excluding hydrogens is 590 g/mol. The third-order valence-corrected chi connectivity index (χ3v) is 8.59. The summed E-state index contributed by atoms with van der Waals surface area (Å²) in [5.74, 6) is -3.52. The van der Waals surface area contributed by atoms with E-state index in [-0.39, 0.29) is 27.0 Å². The van der Waals surface area contributed by atoms with Gasteiger partial charge in [-0.25, -0.2) is 4.98 Å². The summed E-state index contributed by atoms with van der Waals surface area (Å²) in [6, 6.07) is 21.7. The molecule has 1 aliphatic rings. The molecule has 1 unspecified atom stereocenters. The van der Waals surface area contributed by atoms with Gasteiger partial charge in [0.2, 0.25) is 17.2 Å². The van der Waals surface area contributed by atoms with Crippen LogP contribution in [0.25, 0.3) is 10.3 Å². The summed E-state index contributed by atoms with van der Waals surface area (Å²) in [6.07, 6.45) is -5.89. The smallest absolute Gasteiger partial charge is 0.311 e. The molecule has 0 aliphatic carbocycles. The van der Waals surface area contributed by atoms with Crippen molar-refractivity contribution in [1.82, 2.24) is 14.5 Å². The Morgan fingerprint density at radius 3 is 1.86 bits per heavy atom. The summed E-state index contributed by atoms with van der Waals surface area (Å²) in [4.78, 5) is 73.5. The lowest BCUT2D eigenvalue weighted by molar-refractivity contribution is -0.108. The van der Waals surface area contributed by atoms with E-state index in [4.69, 9.17) is 4.74 Å². The number of nitrogens with one attached hydrogen (secondary N) is 1. The number of rotatable bonds is 8. The predicted molar refractivity (Wildman–Crippen MR) is 157 cm³/mol. The molecule has 1 aliphatic heterocycles. The maximum Gasteiger partial charge on any atom is 0.311 e. The van der Waals surface area contributed by atoms with E-state index < -0.39 is 57.4 Å². The molecule has 6 rings (SSSR count). The maximum atomic E-state index is 14.3. The number of carbonyl (C=O) groups is 3. The molecule has 44 heavy (non-hydrogen) atoms. The highest BCUT2D eigenvalue weighted by molar-refractivity contribution is 7.16. The molecule has 0 spiro atoms. The third-order valence-electron chi connectivity index (χ3n) is 7.64. The molecule has 5 aromatic rings. The number of fused-ring (bicyclic) bond motifs is 1. The van der Waals surface area contributed by atoms with Gasteiger partial charge in [-0.15, -0.1) is 0 Å². The van der Waals surface area contributed by atoms with Crippen LogP contribution in [0.5, 0.6) is 0 Å². The number of ketones is 3. The first-order chi connectivity index (χ1) is 21.1. The van der Waals surface area contributed by atoms with E-state index in [0.29, 0.717) is 15.9 Å². The molecule has 0 bridgehead atoms. The first-order valence-corrected chi connectivity index (χ1v) is 14.1. The summed E-state index contributed by atoms with van der Waals surface area (Å²) in [7, 11) is 0. The Labute approximate surface area is 251 Å². The van der Waals surface area contributed by atoms with Gasteiger partial charge in [-0.2, -0.15) is 0 Å². The van der Waals surface area contributed by atoms with Crippen LogP contribution in [0, 0.1) is 0 Å². The fourth-order valence-corrected chi connectivity index (χ4v) is 6.33. The highest BCUT2D eigenvalue weighted by Crippen LogP contribution is 2.50. The Morgan fingerprint density at radius 2 is 1.32 bits per heavy atom. The van der Waals surface area contributed by atoms with Crippen LogP contribution in [0.3, 0.4) is 0 Å². The van der Waals surface area contributed by atoms with Gasteiger partial charge >= 0.3 is 4.87 Å². The molecule has 3 heterocycles. The third kappa shape index (κ3) is 4.29. The minimum atomic E-state index is -3.37. The minimum Gasteiger partial charge on any atom is -0.382 e. The first-order valence-electron chi connectivity index (χ1n) is 13.3. The Bertz CT molecular complexity index is 2010. The molecule has 222 valence electrons. The lowest BCUT2D eigenvalue weighted by Crippen LogP contribution is -2.69. The Hall–Kier alpha value is -4.92. The number of carbonyl (C=O) groups excluding carboxylic acids is 3. The normalized spacial score (nSPS) is 23.8. The van der Waals surface area contributed by atoms with Gasteiger partial charge in [0, 0.05) is 16.7 Å². The fourth-order valence-electron chi connectivity index (χ4n) is 5.48. The van der Waals surface area contributed by atoms with Crippen molar-refractivity contribution in [2.75, 3.05) is 0 Å². The zero-order valence-corrected chi connectivity index (χ0v) is 23.4. The van der Waals surface area contributed by atoms with Crippen LogP contribution in [0.4, 0.5) is 0 Å². The summed E-state index contributed by atoms with van der Waals surface area (Å²) >= 11 is 0.421. The molecule has 3 aromatic carbocycles. The number of thiazole rings is 1. The minimum absolute atomic E-state index is 0.0224. The van der Waals surface area contributed by atoms with Gasteiger partial charge in [0.1, 0.15) is 16.9 Å². The van der Waals surface area contributed by atoms with Crippen molar-refractivity contribution >= 4 is 39.0 Å². The summed E-state index contributed by atoms with van der Waals surface area (Å²) in [5, 5.41) is 36.6. The second-order valence-corrected chi connectivity index (χ2v) is 11.1. The largest absolute Gasteiger partial charge is 0.382 e. The van der Waals surface area contributed by atoms with Crippen LogP contribution >= 0.6 is 11.3 Å². The maximum absolute atomic E-state index is 14.3. The Morgan fingerprint density at radius 1 is 0.818 bits per heavy atom. The number of ether oxygens (including phenoxy) is 1. The zero-order chi connectivity index (χ0) is 31.2. The van der Waals surface area contributed by atoms with Gasteiger partial charge in [0.25, 0.3) is 5.56 Å². The molecular formula is C31H23N3O9S. The average molecular weight is 614 g/mol. The number of aliphatic hydroxyl groups is 3. The topological polar surface area (TPSA) is 189 Å². The van der Waals surface area contributed by atoms with Crippen molar-refractivity contribution < 1.29 is 34.4 Å². The van der Waals surface area contributed by atoms with Gasteiger partial charge in [-0.05, 0) is 0 Å². The SMILES string of the molecule is O=C(c1ccccc1)C(O)[C@H]1O[C@@H](n2c(=O)sc3c(=O)[nH]cnc32)[C@@](O)(C(=O)c2ccccc2)[C@@]1(O)C(=O)c1ccccc1. The molecule has 5 atom stereocenters. The summed E-state index contributed by atoms with van der Waals surface area (Å²) in [5.41, 5.74) is -8.17. The number of benzene rings is 3. The van der Waals surface area contributed by atoms with E-state index in [2.05, 4.69) is 9.97 Å². The predicted octanol–water partition coefficient (Wildman–Crippen LogP) is 1.52. The van der Waals surface area contributed by atoms with Crippen molar-refractivity contribution in [2.45, 2.75) is 29.6 Å². The molecule has 4 N–H and O–H groups in total. The zero-order valence-electron chi connectivity index (χ0n) is 22.6. The van der Waals surface area contributed by atoms with E-state index >= 15 is 0 Å². The van der Waals surface area contributed by atoms with Crippen molar-refractivity contribution in [3.63, 3.8) is 0 Å². The van der Waals surface area contributed by atoms with Gasteiger partial charge in [-0.1, -0.05) is 102 Å². The number of H-pyrrole nitrogens is 1. The molecule has 2 aromatic heterocycles. The number of hydrogen-bond donors (Lipinski definition) is 4. The number of Topliss-reactive ketones (excluding diaryl/α,β-unsaturated/α-hetero) is 3. The molecule has 12 nitrogen and oxygen atoms in total. The summed E-state index contributed by atoms with van der Waals surface area (Å²) < 4.78 is 6.43. The van der Waals surface area contributed by atoms with Gasteiger partial charge in [-0.3, -0.25) is 28.5 Å². The lowest BCUT2D eigenvalue weighted by Gasteiger charge is -2.39. The second-order valence-electron chi connectivity index (χ2n) is 10.1. The van der Waals surface area contributed by atoms with Crippen molar-refractivity contribution in [2.24, 2.45) is 0 Å². The number of aromatic amines is 1. The van der Waals surface area contributed by atoms with Crippen molar-refractivity contribution in [3.8, 4) is 0 Å². The van der Waals surface area contributed by atoms with E-state index in [0.717, 1.165) is 6.33 Å². The Balaban J connectivity index is 1.65. The second kappa shape index (κ2) is 11.0. The monoisotopic (exact) mass is 613 g/mol. The van der Waals surface area contributed by atoms with E-state index in [1.165, 1.54) is 72.8 Å². The highest BCUT2D eigenvalue weighted by atomic mass is 32.1. The average Bonchev–Trinajstić information content (AvgIpc) is 3.52. The Kier molecular flexibility index (Phi) is 7.27. The fraction of sp³-hybridized carbons (Fsp3) is 0.161. The summed E-state index contributed by atoms with van der Waals surface area (Å²) in [6.45, 7) is 0. The van der Waals surface area contributed by atoms with Gasteiger partial charge in [0.05, 0.1) is 6.33 Å². The van der Waals surface area contributed by atoms with Crippen molar-refractivity contribution in [1.29, 1.82) is 0 Å². The standard InChI is InChI=1S/C31H23N3O9S/c35-20(17-10-4-1-5-11-17)21(36)25-30(41,23(37)18-12-6-2-7-13-18)31(42,24(38)19-14-8-3-9-15-19)28(43-25)34-26-22(44-29(34)40)27(39)33-16-32-26/h1-16,21,25,28,36,41-42H,(H,32,33,39)/t21?,25-,28-,30-,31+/m1/s1. The van der Waals surface area contributed by atoms with Crippen LogP contribution in [-0.4, -0.2) is 70.6 Å². The van der Waals surface area contributed by atoms with E-state index in [1.807, 2.05) is 0 Å². The van der Waals surface area contributed by atoms with Crippen LogP contribution in [0.1, 0.15) is 37.3 Å². The van der Waals surface area contributed by atoms with Crippen LogP contribution in [0.2, 0.25) is 0 Å². The number of nitrogens with zero attached hydrogens (tertiary/aromatic N) is 2. The van der Waals surface area contributed by atoms with Gasteiger partial charge < -0.3 is 25.0 Å². The number of aromatic nitrogens is 3. The first kappa shape index (κ1) is 29.2. The molecule has 1 saturated heterocycles. The molecule has 13 heteroatoms.